The van der Waals surface area contributed by atoms with Gasteiger partial charge in [-0.05, 0) is 25.1 Å². The van der Waals surface area contributed by atoms with Gasteiger partial charge in [0.25, 0.3) is 10.0 Å². The van der Waals surface area contributed by atoms with Crippen LogP contribution in [0.1, 0.15) is 17.4 Å². The number of rotatable bonds is 4. The zero-order valence-electron chi connectivity index (χ0n) is 11.4. The Balaban J connectivity index is 2.18. The molecule has 0 amide bonds. The zero-order chi connectivity index (χ0) is 14.0. The van der Waals surface area contributed by atoms with Crippen molar-refractivity contribution >= 4 is 21.4 Å². The van der Waals surface area contributed by atoms with Crippen molar-refractivity contribution in [2.75, 3.05) is 32.7 Å². The third kappa shape index (κ3) is 3.00. The first kappa shape index (κ1) is 14.9. The second kappa shape index (κ2) is 5.88. The smallest absolute Gasteiger partial charge is 0.252 e. The molecule has 0 bridgehead atoms. The van der Waals surface area contributed by atoms with Crippen LogP contribution in [0.3, 0.4) is 0 Å². The van der Waals surface area contributed by atoms with E-state index in [-0.39, 0.29) is 0 Å². The van der Waals surface area contributed by atoms with Gasteiger partial charge in [0.2, 0.25) is 0 Å². The first-order chi connectivity index (χ1) is 8.98. The average Bonchev–Trinajstić information content (AvgIpc) is 2.81. The number of hydrogen-bond donors (Lipinski definition) is 1. The number of hydrogen-bond acceptors (Lipinski definition) is 5. The standard InChI is InChI=1S/C12H21N3O2S2/c1-3-14-4-6-15(7-5-14)19(16,17)12-8-10(2)11(9-13)18-12/h8H,3-7,9,13H2,1-2H3. The minimum absolute atomic E-state index is 0.398. The van der Waals surface area contributed by atoms with E-state index in [0.717, 1.165) is 30.1 Å². The fourth-order valence-corrected chi connectivity index (χ4v) is 5.28. The first-order valence-corrected chi connectivity index (χ1v) is 8.76. The molecule has 1 aromatic heterocycles. The molecule has 1 fully saturated rings. The minimum Gasteiger partial charge on any atom is -0.326 e. The molecule has 19 heavy (non-hydrogen) atoms. The summed E-state index contributed by atoms with van der Waals surface area (Å²) >= 11 is 1.30. The molecule has 1 aromatic rings. The van der Waals surface area contributed by atoms with Crippen molar-refractivity contribution in [3.05, 3.63) is 16.5 Å². The van der Waals surface area contributed by atoms with Gasteiger partial charge in [-0.1, -0.05) is 6.92 Å². The molecule has 0 spiro atoms. The molecule has 0 radical (unpaired) electrons. The van der Waals surface area contributed by atoms with Crippen molar-refractivity contribution in [1.29, 1.82) is 0 Å². The van der Waals surface area contributed by atoms with E-state index in [1.54, 1.807) is 10.4 Å². The molecule has 0 aromatic carbocycles. The maximum Gasteiger partial charge on any atom is 0.252 e. The van der Waals surface area contributed by atoms with E-state index >= 15 is 0 Å². The normalized spacial score (nSPS) is 18.9. The molecule has 0 saturated carbocycles. The van der Waals surface area contributed by atoms with Crippen molar-refractivity contribution in [3.8, 4) is 0 Å². The van der Waals surface area contributed by atoms with E-state index in [0.29, 0.717) is 23.8 Å². The van der Waals surface area contributed by atoms with Crippen molar-refractivity contribution < 1.29 is 8.42 Å². The monoisotopic (exact) mass is 303 g/mol. The largest absolute Gasteiger partial charge is 0.326 e. The Labute approximate surface area is 119 Å². The van der Waals surface area contributed by atoms with E-state index in [2.05, 4.69) is 11.8 Å². The van der Waals surface area contributed by atoms with E-state index in [9.17, 15) is 8.42 Å². The topological polar surface area (TPSA) is 66.6 Å². The lowest BCUT2D eigenvalue weighted by Crippen LogP contribution is -2.48. The van der Waals surface area contributed by atoms with E-state index in [1.165, 1.54) is 11.3 Å². The molecule has 0 aliphatic carbocycles. The number of aryl methyl sites for hydroxylation is 1. The van der Waals surface area contributed by atoms with Crippen molar-refractivity contribution in [2.24, 2.45) is 5.73 Å². The maximum atomic E-state index is 12.5. The number of piperazine rings is 1. The molecule has 7 heteroatoms. The summed E-state index contributed by atoms with van der Waals surface area (Å²) in [7, 11) is -3.34. The van der Waals surface area contributed by atoms with Crippen molar-refractivity contribution in [3.63, 3.8) is 0 Å². The first-order valence-electron chi connectivity index (χ1n) is 6.51. The van der Waals surface area contributed by atoms with Crippen LogP contribution in [-0.4, -0.2) is 50.3 Å². The van der Waals surface area contributed by atoms with E-state index in [4.69, 9.17) is 5.73 Å². The van der Waals surface area contributed by atoms with Gasteiger partial charge >= 0.3 is 0 Å². The molecule has 1 aliphatic rings. The number of nitrogens with zero attached hydrogens (tertiary/aromatic N) is 2. The summed E-state index contributed by atoms with van der Waals surface area (Å²) in [6, 6.07) is 1.74. The summed E-state index contributed by atoms with van der Waals surface area (Å²) in [6.07, 6.45) is 0. The molecule has 5 nitrogen and oxygen atoms in total. The van der Waals surface area contributed by atoms with E-state index in [1.807, 2.05) is 6.92 Å². The molecular weight excluding hydrogens is 282 g/mol. The highest BCUT2D eigenvalue weighted by Gasteiger charge is 2.29. The van der Waals surface area contributed by atoms with Crippen LogP contribution in [0.2, 0.25) is 0 Å². The van der Waals surface area contributed by atoms with Crippen LogP contribution in [-0.2, 0) is 16.6 Å². The Bertz CT molecular complexity index is 531. The predicted octanol–water partition coefficient (Wildman–Crippen LogP) is 0.841. The lowest BCUT2D eigenvalue weighted by Gasteiger charge is -2.32. The van der Waals surface area contributed by atoms with Gasteiger partial charge in [0.1, 0.15) is 4.21 Å². The van der Waals surface area contributed by atoms with Crippen LogP contribution < -0.4 is 5.73 Å². The molecule has 1 saturated heterocycles. The van der Waals surface area contributed by atoms with Crippen LogP contribution in [0.25, 0.3) is 0 Å². The van der Waals surface area contributed by atoms with Crippen LogP contribution in [0.5, 0.6) is 0 Å². The lowest BCUT2D eigenvalue weighted by atomic mass is 10.3. The van der Waals surface area contributed by atoms with Crippen LogP contribution >= 0.6 is 11.3 Å². The average molecular weight is 303 g/mol. The Kier molecular flexibility index (Phi) is 4.62. The molecule has 0 unspecified atom stereocenters. The third-order valence-corrected chi connectivity index (χ3v) is 7.16. The third-order valence-electron chi connectivity index (χ3n) is 3.56. The molecule has 2 heterocycles. The van der Waals surface area contributed by atoms with Gasteiger partial charge < -0.3 is 10.6 Å². The van der Waals surface area contributed by atoms with Crippen LogP contribution in [0.15, 0.2) is 10.3 Å². The Morgan fingerprint density at radius 2 is 1.95 bits per heavy atom. The summed E-state index contributed by atoms with van der Waals surface area (Å²) in [5.74, 6) is 0. The summed E-state index contributed by atoms with van der Waals surface area (Å²) < 4.78 is 27.1. The van der Waals surface area contributed by atoms with E-state index < -0.39 is 10.0 Å². The second-order valence-electron chi connectivity index (χ2n) is 4.71. The van der Waals surface area contributed by atoms with Crippen molar-refractivity contribution in [1.82, 2.24) is 9.21 Å². The number of nitrogens with two attached hydrogens (primary N) is 1. The van der Waals surface area contributed by atoms with Gasteiger partial charge in [-0.3, -0.25) is 0 Å². The van der Waals surface area contributed by atoms with Gasteiger partial charge in [-0.25, -0.2) is 8.42 Å². The SMILES string of the molecule is CCN1CCN(S(=O)(=O)c2cc(C)c(CN)s2)CC1. The van der Waals surface area contributed by atoms with Gasteiger partial charge in [-0.15, -0.1) is 11.3 Å². The molecule has 0 atom stereocenters. The van der Waals surface area contributed by atoms with Crippen LogP contribution in [0, 0.1) is 6.92 Å². The number of sulfonamides is 1. The Morgan fingerprint density at radius 3 is 2.42 bits per heavy atom. The zero-order valence-corrected chi connectivity index (χ0v) is 13.1. The van der Waals surface area contributed by atoms with Crippen molar-refractivity contribution in [2.45, 2.75) is 24.6 Å². The highest BCUT2D eigenvalue weighted by atomic mass is 32.2. The number of likely N-dealkylation sites (N-methyl/N-ethyl adjacent to an activating group) is 1. The van der Waals surface area contributed by atoms with Gasteiger partial charge in [0, 0.05) is 37.6 Å². The highest BCUT2D eigenvalue weighted by Crippen LogP contribution is 2.28. The second-order valence-corrected chi connectivity index (χ2v) is 8.02. The Morgan fingerprint density at radius 1 is 1.32 bits per heavy atom. The molecule has 108 valence electrons. The highest BCUT2D eigenvalue weighted by molar-refractivity contribution is 7.91. The summed E-state index contributed by atoms with van der Waals surface area (Å²) in [5.41, 5.74) is 6.59. The Hall–Kier alpha value is -0.470. The lowest BCUT2D eigenvalue weighted by molar-refractivity contribution is 0.196. The summed E-state index contributed by atoms with van der Waals surface area (Å²) in [5, 5.41) is 0. The molecular formula is C12H21N3O2S2. The molecule has 2 rings (SSSR count). The quantitative estimate of drug-likeness (QED) is 0.895. The van der Waals surface area contributed by atoms with Gasteiger partial charge in [0.05, 0.1) is 0 Å². The molecule has 1 aliphatic heterocycles. The predicted molar refractivity (Wildman–Crippen MR) is 77.8 cm³/mol. The summed E-state index contributed by atoms with van der Waals surface area (Å²) in [6.45, 7) is 8.15. The number of thiophene rings is 1. The van der Waals surface area contributed by atoms with Gasteiger partial charge in [-0.2, -0.15) is 4.31 Å². The summed E-state index contributed by atoms with van der Waals surface area (Å²) in [4.78, 5) is 3.21. The maximum absolute atomic E-state index is 12.5. The fourth-order valence-electron chi connectivity index (χ4n) is 2.23. The molecule has 2 N–H and O–H groups in total. The minimum atomic E-state index is -3.34. The fraction of sp³-hybridized carbons (Fsp3) is 0.667. The van der Waals surface area contributed by atoms with Crippen LogP contribution in [0.4, 0.5) is 0 Å². The van der Waals surface area contributed by atoms with Gasteiger partial charge in [0.15, 0.2) is 0 Å².